The normalized spacial score (nSPS) is 15.9. The van der Waals surface area contributed by atoms with Gasteiger partial charge in [-0.15, -0.1) is 0 Å². The lowest BCUT2D eigenvalue weighted by molar-refractivity contribution is -0.137. The van der Waals surface area contributed by atoms with E-state index in [0.29, 0.717) is 24.1 Å². The lowest BCUT2D eigenvalue weighted by atomic mass is 10.0. The lowest BCUT2D eigenvalue weighted by Gasteiger charge is -2.10. The van der Waals surface area contributed by atoms with Gasteiger partial charge in [-0.05, 0) is 24.6 Å². The van der Waals surface area contributed by atoms with Crippen LogP contribution in [0.1, 0.15) is 24.8 Å². The summed E-state index contributed by atoms with van der Waals surface area (Å²) in [6.07, 6.45) is 0.455. The molecule has 0 saturated carbocycles. The summed E-state index contributed by atoms with van der Waals surface area (Å²) in [7, 11) is 1.39. The number of carbonyl (C=O) groups excluding carboxylic acids is 1. The van der Waals surface area contributed by atoms with Crippen LogP contribution in [0.5, 0.6) is 5.75 Å². The van der Waals surface area contributed by atoms with Gasteiger partial charge < -0.3 is 25.3 Å². The molecule has 0 bridgehead atoms. The number of hydrogen-bond donors (Lipinski definition) is 3. The number of carbonyl (C=O) groups is 2. The summed E-state index contributed by atoms with van der Waals surface area (Å²) in [6.45, 7) is 0.507. The molecular weight excluding hydrogens is 333 g/mol. The first-order valence-corrected chi connectivity index (χ1v) is 7.79. The molecule has 0 radical (unpaired) electrons. The Labute approximate surface area is 144 Å². The maximum absolute atomic E-state index is 13.7. The second-order valence-electron chi connectivity index (χ2n) is 5.45. The van der Waals surface area contributed by atoms with E-state index in [1.54, 1.807) is 6.07 Å². The minimum absolute atomic E-state index is 0.00162. The highest BCUT2D eigenvalue weighted by Crippen LogP contribution is 2.22. The molecule has 1 atom stereocenters. The first-order chi connectivity index (χ1) is 12.0. The number of oxime groups is 1. The van der Waals surface area contributed by atoms with Gasteiger partial charge >= 0.3 is 12.0 Å². The minimum Gasteiger partial charge on any atom is -0.494 e. The van der Waals surface area contributed by atoms with Crippen LogP contribution in [0.2, 0.25) is 0 Å². The fourth-order valence-electron chi connectivity index (χ4n) is 2.26. The Kier molecular flexibility index (Phi) is 6.55. The number of rotatable bonds is 8. The van der Waals surface area contributed by atoms with E-state index >= 15 is 0 Å². The average molecular weight is 353 g/mol. The molecule has 1 aliphatic rings. The molecule has 9 heteroatoms. The van der Waals surface area contributed by atoms with E-state index < -0.39 is 17.8 Å². The summed E-state index contributed by atoms with van der Waals surface area (Å²) in [5, 5.41) is 17.6. The van der Waals surface area contributed by atoms with Gasteiger partial charge in [0.2, 0.25) is 0 Å². The van der Waals surface area contributed by atoms with Gasteiger partial charge in [0, 0.05) is 24.9 Å². The lowest BCUT2D eigenvalue weighted by Crippen LogP contribution is -2.40. The van der Waals surface area contributed by atoms with Crippen molar-refractivity contribution in [1.82, 2.24) is 10.6 Å². The number of halogens is 1. The zero-order valence-corrected chi connectivity index (χ0v) is 13.8. The number of amides is 2. The number of carboxylic acid groups (broad SMARTS) is 1. The zero-order chi connectivity index (χ0) is 18.2. The summed E-state index contributed by atoms with van der Waals surface area (Å²) >= 11 is 0. The van der Waals surface area contributed by atoms with Crippen LogP contribution >= 0.6 is 0 Å². The summed E-state index contributed by atoms with van der Waals surface area (Å²) in [6, 6.07) is 4.13. The number of ether oxygens (including phenoxy) is 1. The first-order valence-electron chi connectivity index (χ1n) is 7.79. The summed E-state index contributed by atoms with van der Waals surface area (Å²) in [5.74, 6) is -1.23. The molecule has 1 aromatic rings. The van der Waals surface area contributed by atoms with Gasteiger partial charge in [0.1, 0.15) is 0 Å². The van der Waals surface area contributed by atoms with Gasteiger partial charge in [-0.1, -0.05) is 5.16 Å². The van der Waals surface area contributed by atoms with Gasteiger partial charge in [0.05, 0.1) is 19.4 Å². The number of nitrogens with one attached hydrogen (secondary N) is 2. The zero-order valence-electron chi connectivity index (χ0n) is 13.8. The Morgan fingerprint density at radius 1 is 1.44 bits per heavy atom. The monoisotopic (exact) mass is 353 g/mol. The van der Waals surface area contributed by atoms with Crippen LogP contribution in [0.25, 0.3) is 0 Å². The van der Waals surface area contributed by atoms with E-state index in [0.717, 1.165) is 0 Å². The summed E-state index contributed by atoms with van der Waals surface area (Å²) < 4.78 is 18.6. The highest BCUT2D eigenvalue weighted by molar-refractivity contribution is 6.01. The fraction of sp³-hybridized carbons (Fsp3) is 0.438. The molecule has 0 aromatic heterocycles. The Hall–Kier alpha value is -2.84. The minimum atomic E-state index is -0.902. The predicted octanol–water partition coefficient (Wildman–Crippen LogP) is 1.49. The summed E-state index contributed by atoms with van der Waals surface area (Å²) in [5.41, 5.74) is 1.19. The average Bonchev–Trinajstić information content (AvgIpc) is 3.05. The van der Waals surface area contributed by atoms with Crippen molar-refractivity contribution in [2.24, 2.45) is 5.16 Å². The van der Waals surface area contributed by atoms with Gasteiger partial charge in [-0.25, -0.2) is 9.18 Å². The van der Waals surface area contributed by atoms with Crippen LogP contribution in [-0.2, 0) is 9.63 Å². The van der Waals surface area contributed by atoms with Crippen LogP contribution in [0, 0.1) is 5.82 Å². The molecule has 8 nitrogen and oxygen atoms in total. The second kappa shape index (κ2) is 8.86. The van der Waals surface area contributed by atoms with Crippen LogP contribution in [0.3, 0.4) is 0 Å². The third kappa shape index (κ3) is 5.63. The number of benzene rings is 1. The molecule has 0 saturated heterocycles. The van der Waals surface area contributed by atoms with Crippen molar-refractivity contribution < 1.29 is 28.7 Å². The second-order valence-corrected chi connectivity index (χ2v) is 5.45. The van der Waals surface area contributed by atoms with Crippen LogP contribution in [0.15, 0.2) is 23.4 Å². The van der Waals surface area contributed by atoms with Crippen molar-refractivity contribution in [3.8, 4) is 5.75 Å². The van der Waals surface area contributed by atoms with E-state index in [2.05, 4.69) is 15.8 Å². The van der Waals surface area contributed by atoms with Crippen molar-refractivity contribution in [2.45, 2.75) is 25.4 Å². The van der Waals surface area contributed by atoms with E-state index in [-0.39, 0.29) is 31.4 Å². The van der Waals surface area contributed by atoms with Gasteiger partial charge in [0.25, 0.3) is 0 Å². The topological polar surface area (TPSA) is 109 Å². The van der Waals surface area contributed by atoms with Crippen LogP contribution < -0.4 is 15.4 Å². The SMILES string of the molecule is COc1ccc(C2=NOC(CNC(=O)NCCCC(=O)O)C2)cc1F. The number of nitrogens with zero attached hydrogens (tertiary/aromatic N) is 1. The van der Waals surface area contributed by atoms with Crippen LogP contribution in [-0.4, -0.2) is 49.1 Å². The number of hydrogen-bond acceptors (Lipinski definition) is 5. The molecule has 3 N–H and O–H groups in total. The van der Waals surface area contributed by atoms with E-state index in [4.69, 9.17) is 14.7 Å². The van der Waals surface area contributed by atoms with Gasteiger partial charge in [-0.3, -0.25) is 4.79 Å². The van der Waals surface area contributed by atoms with Crippen molar-refractivity contribution in [1.29, 1.82) is 0 Å². The quantitative estimate of drug-likeness (QED) is 0.614. The highest BCUT2D eigenvalue weighted by atomic mass is 19.1. The van der Waals surface area contributed by atoms with Crippen molar-refractivity contribution >= 4 is 17.7 Å². The molecule has 1 unspecified atom stereocenters. The molecule has 2 amide bonds. The molecule has 0 aliphatic carbocycles. The summed E-state index contributed by atoms with van der Waals surface area (Å²) in [4.78, 5) is 27.2. The van der Waals surface area contributed by atoms with E-state index in [1.165, 1.54) is 19.2 Å². The van der Waals surface area contributed by atoms with Crippen LogP contribution in [0.4, 0.5) is 9.18 Å². The molecule has 136 valence electrons. The largest absolute Gasteiger partial charge is 0.494 e. The van der Waals surface area contributed by atoms with E-state index in [1.807, 2.05) is 0 Å². The Bertz CT molecular complexity index is 665. The Balaban J connectivity index is 1.72. The number of carboxylic acids is 1. The maximum atomic E-state index is 13.7. The molecule has 1 heterocycles. The van der Waals surface area contributed by atoms with Gasteiger partial charge in [0.15, 0.2) is 17.7 Å². The van der Waals surface area contributed by atoms with E-state index in [9.17, 15) is 14.0 Å². The highest BCUT2D eigenvalue weighted by Gasteiger charge is 2.23. The first kappa shape index (κ1) is 18.5. The molecule has 1 aliphatic heterocycles. The molecular formula is C16H20FN3O5. The van der Waals surface area contributed by atoms with Crippen molar-refractivity contribution in [2.75, 3.05) is 20.2 Å². The third-order valence-corrected chi connectivity index (χ3v) is 3.56. The van der Waals surface area contributed by atoms with Crippen molar-refractivity contribution in [3.05, 3.63) is 29.6 Å². The molecule has 2 rings (SSSR count). The molecule has 25 heavy (non-hydrogen) atoms. The Morgan fingerprint density at radius 2 is 2.24 bits per heavy atom. The fourth-order valence-corrected chi connectivity index (χ4v) is 2.26. The number of urea groups is 1. The predicted molar refractivity (Wildman–Crippen MR) is 87.3 cm³/mol. The number of methoxy groups -OCH3 is 1. The maximum Gasteiger partial charge on any atom is 0.314 e. The van der Waals surface area contributed by atoms with Gasteiger partial charge in [-0.2, -0.15) is 0 Å². The Morgan fingerprint density at radius 3 is 2.92 bits per heavy atom. The molecule has 0 spiro atoms. The number of aliphatic carboxylic acids is 1. The third-order valence-electron chi connectivity index (χ3n) is 3.56. The smallest absolute Gasteiger partial charge is 0.314 e. The molecule has 0 fully saturated rings. The standard InChI is InChI=1S/C16H20FN3O5/c1-24-14-5-4-10(7-12(14)17)13-8-11(25-20-13)9-19-16(23)18-6-2-3-15(21)22/h4-5,7,11H,2-3,6,8-9H2,1H3,(H,21,22)(H2,18,19,23). The van der Waals surface area contributed by atoms with Crippen molar-refractivity contribution in [3.63, 3.8) is 0 Å². The molecule has 1 aromatic carbocycles.